The van der Waals surface area contributed by atoms with E-state index in [0.29, 0.717) is 18.9 Å². The Morgan fingerprint density at radius 3 is 2.31 bits per heavy atom. The zero-order valence-corrected chi connectivity index (χ0v) is 14.6. The lowest BCUT2D eigenvalue weighted by Crippen LogP contribution is -2.51. The molecule has 1 atom stereocenters. The Morgan fingerprint density at radius 1 is 0.962 bits per heavy atom. The lowest BCUT2D eigenvalue weighted by Gasteiger charge is -2.37. The van der Waals surface area contributed by atoms with Crippen LogP contribution >= 0.6 is 11.6 Å². The molecule has 2 aliphatic rings. The molecule has 0 spiro atoms. The number of nitrogens with one attached hydrogen (secondary N) is 1. The highest BCUT2D eigenvalue weighted by Gasteiger charge is 2.48. The molecule has 2 aliphatic heterocycles. The second kappa shape index (κ2) is 7.29. The molecule has 0 amide bonds. The van der Waals surface area contributed by atoms with Crippen molar-refractivity contribution in [1.82, 2.24) is 10.4 Å². The Morgan fingerprint density at radius 2 is 1.62 bits per heavy atom. The van der Waals surface area contributed by atoms with Gasteiger partial charge in [-0.05, 0) is 11.1 Å². The molecule has 0 saturated heterocycles. The SMILES string of the molecule is ClC1=C2NC=NC2(OCc2ccccc2)N(OCc2ccccc2)C=N1. The fourth-order valence-corrected chi connectivity index (χ4v) is 2.94. The molecule has 2 aromatic rings. The van der Waals surface area contributed by atoms with Crippen LogP contribution in [-0.2, 0) is 22.8 Å². The van der Waals surface area contributed by atoms with Gasteiger partial charge in [0.05, 0.1) is 12.9 Å². The molecule has 0 fully saturated rings. The molecule has 132 valence electrons. The predicted octanol–water partition coefficient (Wildman–Crippen LogP) is 3.37. The fraction of sp³-hybridized carbons (Fsp3) is 0.158. The molecular formula is C19H17ClN4O2. The zero-order valence-electron chi connectivity index (χ0n) is 13.9. The van der Waals surface area contributed by atoms with Crippen LogP contribution in [0, 0.1) is 0 Å². The summed E-state index contributed by atoms with van der Waals surface area (Å²) in [6.07, 6.45) is 3.03. The highest BCUT2D eigenvalue weighted by molar-refractivity contribution is 6.30. The molecule has 2 heterocycles. The van der Waals surface area contributed by atoms with Gasteiger partial charge in [0.15, 0.2) is 5.16 Å². The summed E-state index contributed by atoms with van der Waals surface area (Å²) in [6, 6.07) is 19.7. The maximum absolute atomic E-state index is 6.25. The van der Waals surface area contributed by atoms with Gasteiger partial charge < -0.3 is 10.1 Å². The van der Waals surface area contributed by atoms with Crippen molar-refractivity contribution in [3.63, 3.8) is 0 Å². The van der Waals surface area contributed by atoms with Gasteiger partial charge in [-0.2, -0.15) is 5.06 Å². The number of fused-ring (bicyclic) bond motifs is 1. The summed E-state index contributed by atoms with van der Waals surface area (Å²) in [4.78, 5) is 14.6. The van der Waals surface area contributed by atoms with Crippen LogP contribution in [0.25, 0.3) is 0 Å². The largest absolute Gasteiger partial charge is 0.342 e. The van der Waals surface area contributed by atoms with Crippen LogP contribution in [0.15, 0.2) is 81.5 Å². The van der Waals surface area contributed by atoms with Gasteiger partial charge in [-0.3, -0.25) is 4.84 Å². The van der Waals surface area contributed by atoms with Crippen molar-refractivity contribution in [1.29, 1.82) is 0 Å². The van der Waals surface area contributed by atoms with Gasteiger partial charge >= 0.3 is 5.85 Å². The number of halogens is 1. The third-order valence-electron chi connectivity index (χ3n) is 4.05. The van der Waals surface area contributed by atoms with Crippen molar-refractivity contribution in [2.45, 2.75) is 19.1 Å². The van der Waals surface area contributed by atoms with Crippen molar-refractivity contribution in [3.8, 4) is 0 Å². The van der Waals surface area contributed by atoms with Crippen LogP contribution in [-0.4, -0.2) is 23.6 Å². The molecule has 2 aromatic carbocycles. The third kappa shape index (κ3) is 3.22. The van der Waals surface area contributed by atoms with Crippen molar-refractivity contribution in [2.75, 3.05) is 0 Å². The quantitative estimate of drug-likeness (QED) is 0.794. The second-order valence-corrected chi connectivity index (χ2v) is 6.14. The van der Waals surface area contributed by atoms with Gasteiger partial charge in [-0.15, -0.1) is 0 Å². The van der Waals surface area contributed by atoms with E-state index in [4.69, 9.17) is 21.2 Å². The first-order valence-corrected chi connectivity index (χ1v) is 8.54. The number of rotatable bonds is 6. The summed E-state index contributed by atoms with van der Waals surface area (Å²) in [7, 11) is 0. The van der Waals surface area contributed by atoms with Crippen LogP contribution < -0.4 is 5.32 Å². The third-order valence-corrected chi connectivity index (χ3v) is 4.34. The average Bonchev–Trinajstić information content (AvgIpc) is 3.14. The molecule has 0 aliphatic carbocycles. The van der Waals surface area contributed by atoms with Gasteiger partial charge in [0.1, 0.15) is 18.6 Å². The van der Waals surface area contributed by atoms with Gasteiger partial charge in [-0.1, -0.05) is 72.3 Å². The first kappa shape index (κ1) is 16.8. The predicted molar refractivity (Wildman–Crippen MR) is 100 cm³/mol. The first-order valence-electron chi connectivity index (χ1n) is 8.17. The van der Waals surface area contributed by atoms with Gasteiger partial charge in [-0.25, -0.2) is 9.98 Å². The maximum atomic E-state index is 6.25. The van der Waals surface area contributed by atoms with Crippen LogP contribution in [0.4, 0.5) is 0 Å². The molecule has 0 saturated carbocycles. The van der Waals surface area contributed by atoms with Gasteiger partial charge in [0.25, 0.3) is 0 Å². The number of hydrogen-bond acceptors (Lipinski definition) is 6. The molecular weight excluding hydrogens is 352 g/mol. The minimum absolute atomic E-state index is 0.287. The van der Waals surface area contributed by atoms with E-state index < -0.39 is 5.85 Å². The number of ether oxygens (including phenoxy) is 1. The molecule has 7 heteroatoms. The van der Waals surface area contributed by atoms with Gasteiger partial charge in [0, 0.05) is 0 Å². The molecule has 4 rings (SSSR count). The standard InChI is InChI=1S/C19H17ClN4O2/c20-18-17-19(23-13-21-17,25-11-15-7-3-1-4-8-15)24(14-22-18)26-12-16-9-5-2-6-10-16/h1-10,13-14H,11-12H2,(H,21,23). The van der Waals surface area contributed by atoms with E-state index in [-0.39, 0.29) is 5.16 Å². The fourth-order valence-electron chi connectivity index (χ4n) is 2.72. The minimum Gasteiger partial charge on any atom is -0.342 e. The Labute approximate surface area is 156 Å². The van der Waals surface area contributed by atoms with E-state index in [1.54, 1.807) is 0 Å². The summed E-state index contributed by atoms with van der Waals surface area (Å²) < 4.78 is 6.16. The van der Waals surface area contributed by atoms with Crippen molar-refractivity contribution in [3.05, 3.63) is 82.6 Å². The molecule has 1 unspecified atom stereocenters. The molecule has 0 bridgehead atoms. The number of hydroxylamine groups is 2. The van der Waals surface area contributed by atoms with Crippen molar-refractivity contribution in [2.24, 2.45) is 9.98 Å². The second-order valence-electron chi connectivity index (χ2n) is 5.78. The number of hydrogen-bond donors (Lipinski definition) is 1. The average molecular weight is 369 g/mol. The minimum atomic E-state index is -1.22. The van der Waals surface area contributed by atoms with E-state index in [1.807, 2.05) is 60.7 Å². The topological polar surface area (TPSA) is 58.5 Å². The number of benzene rings is 2. The van der Waals surface area contributed by atoms with Crippen LogP contribution in [0.2, 0.25) is 0 Å². The Bertz CT molecular complexity index is 854. The monoisotopic (exact) mass is 368 g/mol. The summed E-state index contributed by atoms with van der Waals surface area (Å²) in [5, 5.41) is 4.78. The summed E-state index contributed by atoms with van der Waals surface area (Å²) in [5.74, 6) is -1.22. The first-order chi connectivity index (χ1) is 12.8. The van der Waals surface area contributed by atoms with Gasteiger partial charge in [0.2, 0.25) is 0 Å². The smallest absolute Gasteiger partial charge is 0.311 e. The highest BCUT2D eigenvalue weighted by Crippen LogP contribution is 2.36. The summed E-state index contributed by atoms with van der Waals surface area (Å²) >= 11 is 6.25. The van der Waals surface area contributed by atoms with Crippen LogP contribution in [0.1, 0.15) is 11.1 Å². The number of aliphatic imine (C=N–C) groups is 2. The molecule has 1 N–H and O–H groups in total. The molecule has 0 aromatic heterocycles. The Balaban J connectivity index is 1.56. The maximum Gasteiger partial charge on any atom is 0.311 e. The van der Waals surface area contributed by atoms with Crippen molar-refractivity contribution < 1.29 is 9.57 Å². The van der Waals surface area contributed by atoms with Crippen LogP contribution in [0.5, 0.6) is 0 Å². The lowest BCUT2D eigenvalue weighted by molar-refractivity contribution is -0.254. The summed E-state index contributed by atoms with van der Waals surface area (Å²) in [6.45, 7) is 0.691. The zero-order chi connectivity index (χ0) is 17.8. The van der Waals surface area contributed by atoms with Crippen LogP contribution in [0.3, 0.4) is 0 Å². The molecule has 0 radical (unpaired) electrons. The number of nitrogens with zero attached hydrogens (tertiary/aromatic N) is 3. The van der Waals surface area contributed by atoms with E-state index in [0.717, 1.165) is 11.1 Å². The Hall–Kier alpha value is -2.67. The Kier molecular flexibility index (Phi) is 4.71. The van der Waals surface area contributed by atoms with E-state index in [9.17, 15) is 0 Å². The van der Waals surface area contributed by atoms with E-state index in [1.165, 1.54) is 17.7 Å². The summed E-state index contributed by atoms with van der Waals surface area (Å²) in [5.41, 5.74) is 2.58. The lowest BCUT2D eigenvalue weighted by atomic mass is 10.2. The van der Waals surface area contributed by atoms with E-state index >= 15 is 0 Å². The normalized spacial score (nSPS) is 21.0. The van der Waals surface area contributed by atoms with E-state index in [2.05, 4.69) is 15.3 Å². The molecule has 6 nitrogen and oxygen atoms in total. The molecule has 26 heavy (non-hydrogen) atoms. The van der Waals surface area contributed by atoms with Crippen molar-refractivity contribution >= 4 is 24.3 Å². The highest BCUT2D eigenvalue weighted by atomic mass is 35.5.